The Hall–Kier alpha value is -2.95. The van der Waals surface area contributed by atoms with Crippen LogP contribution >= 0.6 is 0 Å². The van der Waals surface area contributed by atoms with Gasteiger partial charge >= 0.3 is 5.97 Å². The minimum absolute atomic E-state index is 0. The van der Waals surface area contributed by atoms with Crippen LogP contribution in [-0.4, -0.2) is 29.3 Å². The average Bonchev–Trinajstić information content (AvgIpc) is 3.06. The standard InChI is InChI=1S/C24H25NO4.C2H6.H2/c1-16-12-13-19-20(14-16)23(27)25(22(19)26)21(17-8-4-2-5-9-17)15-29-24(28)18-10-6-3-7-11-18;1-2;/h2,4-5,8-9,12-14,18,21H,3,6-7,10-11,15H2,1H3;1-2H3;1H/t21-;;/m1../s1. The molecule has 4 rings (SSSR count). The lowest BCUT2D eigenvalue weighted by Gasteiger charge is -2.27. The van der Waals surface area contributed by atoms with Crippen LogP contribution in [0.25, 0.3) is 0 Å². The van der Waals surface area contributed by atoms with Crippen molar-refractivity contribution in [2.45, 2.75) is 58.9 Å². The van der Waals surface area contributed by atoms with Crippen LogP contribution in [0, 0.1) is 12.8 Å². The zero-order valence-corrected chi connectivity index (χ0v) is 18.6. The predicted molar refractivity (Wildman–Crippen MR) is 122 cm³/mol. The predicted octanol–water partition coefficient (Wildman–Crippen LogP) is 5.73. The van der Waals surface area contributed by atoms with Crippen LogP contribution in [0.1, 0.15) is 85.3 Å². The molecule has 5 nitrogen and oxygen atoms in total. The topological polar surface area (TPSA) is 63.7 Å². The van der Waals surface area contributed by atoms with E-state index in [0.29, 0.717) is 11.1 Å². The molecule has 0 aromatic heterocycles. The lowest BCUT2D eigenvalue weighted by molar-refractivity contribution is -0.151. The first-order valence-electron chi connectivity index (χ1n) is 11.3. The maximum Gasteiger partial charge on any atom is 0.309 e. The summed E-state index contributed by atoms with van der Waals surface area (Å²) < 4.78 is 5.64. The monoisotopic (exact) mass is 423 g/mol. The van der Waals surface area contributed by atoms with Crippen LogP contribution in [0.4, 0.5) is 0 Å². The van der Waals surface area contributed by atoms with Crippen molar-refractivity contribution in [3.63, 3.8) is 0 Å². The van der Waals surface area contributed by atoms with E-state index in [4.69, 9.17) is 4.74 Å². The third-order valence-corrected chi connectivity index (χ3v) is 5.89. The zero-order valence-electron chi connectivity index (χ0n) is 18.6. The Bertz CT molecular complexity index is 938. The number of rotatable bonds is 5. The number of fused-ring (bicyclic) bond motifs is 1. The minimum Gasteiger partial charge on any atom is -0.463 e. The summed E-state index contributed by atoms with van der Waals surface area (Å²) in [7, 11) is 0. The Balaban J connectivity index is 0.00000118. The smallest absolute Gasteiger partial charge is 0.309 e. The lowest BCUT2D eigenvalue weighted by Crippen LogP contribution is -2.37. The van der Waals surface area contributed by atoms with Gasteiger partial charge in [0.05, 0.1) is 23.1 Å². The number of carbonyl (C=O) groups is 3. The van der Waals surface area contributed by atoms with Gasteiger partial charge in [-0.05, 0) is 37.5 Å². The van der Waals surface area contributed by atoms with E-state index in [0.717, 1.165) is 43.2 Å². The minimum atomic E-state index is -0.642. The van der Waals surface area contributed by atoms with E-state index in [1.165, 1.54) is 4.90 Å². The van der Waals surface area contributed by atoms with Gasteiger partial charge in [0.25, 0.3) is 11.8 Å². The number of aryl methyl sites for hydroxylation is 1. The van der Waals surface area contributed by atoms with Gasteiger partial charge in [-0.1, -0.05) is 75.1 Å². The molecule has 0 radical (unpaired) electrons. The van der Waals surface area contributed by atoms with E-state index in [9.17, 15) is 14.4 Å². The first-order chi connectivity index (χ1) is 15.1. The number of benzene rings is 2. The van der Waals surface area contributed by atoms with E-state index in [2.05, 4.69) is 0 Å². The highest BCUT2D eigenvalue weighted by molar-refractivity contribution is 6.21. The summed E-state index contributed by atoms with van der Waals surface area (Å²) in [6.45, 7) is 5.87. The van der Waals surface area contributed by atoms with E-state index in [1.807, 2.05) is 57.2 Å². The zero-order chi connectivity index (χ0) is 22.4. The van der Waals surface area contributed by atoms with Gasteiger partial charge in [-0.3, -0.25) is 19.3 Å². The Labute approximate surface area is 185 Å². The second-order valence-corrected chi connectivity index (χ2v) is 7.92. The normalized spacial score (nSPS) is 16.9. The fourth-order valence-corrected chi connectivity index (χ4v) is 4.27. The summed E-state index contributed by atoms with van der Waals surface area (Å²) in [6.07, 6.45) is 4.94. The molecule has 1 heterocycles. The molecule has 0 N–H and O–H groups in total. The van der Waals surface area contributed by atoms with E-state index in [1.54, 1.807) is 12.1 Å². The van der Waals surface area contributed by atoms with Crippen LogP contribution in [0.15, 0.2) is 48.5 Å². The summed E-state index contributed by atoms with van der Waals surface area (Å²) in [5.74, 6) is -0.980. The highest BCUT2D eigenvalue weighted by Crippen LogP contribution is 2.33. The molecule has 0 bridgehead atoms. The molecular formula is C26H33NO4. The molecule has 0 spiro atoms. The molecule has 2 aliphatic rings. The third kappa shape index (κ3) is 4.87. The van der Waals surface area contributed by atoms with Gasteiger partial charge in [0.1, 0.15) is 6.61 Å². The number of nitrogens with zero attached hydrogens (tertiary/aromatic N) is 1. The highest BCUT2D eigenvalue weighted by atomic mass is 16.5. The largest absolute Gasteiger partial charge is 0.463 e. The van der Waals surface area contributed by atoms with E-state index < -0.39 is 6.04 Å². The van der Waals surface area contributed by atoms with Crippen molar-refractivity contribution in [2.75, 3.05) is 6.61 Å². The van der Waals surface area contributed by atoms with Gasteiger partial charge in [0.15, 0.2) is 0 Å². The van der Waals surface area contributed by atoms with Gasteiger partial charge in [0, 0.05) is 1.43 Å². The molecule has 2 amide bonds. The number of ether oxygens (including phenoxy) is 1. The second kappa shape index (κ2) is 10.4. The molecule has 1 atom stereocenters. The first kappa shape index (κ1) is 22.7. The number of imide groups is 1. The highest BCUT2D eigenvalue weighted by Gasteiger charge is 2.41. The molecular weight excluding hydrogens is 390 g/mol. The third-order valence-electron chi connectivity index (χ3n) is 5.89. The number of hydrogen-bond acceptors (Lipinski definition) is 4. The Morgan fingerprint density at radius 3 is 2.32 bits per heavy atom. The molecule has 1 aliphatic heterocycles. The molecule has 2 aromatic rings. The molecule has 5 heteroatoms. The first-order valence-corrected chi connectivity index (χ1v) is 11.3. The van der Waals surface area contributed by atoms with Gasteiger partial charge in [-0.15, -0.1) is 0 Å². The lowest BCUT2D eigenvalue weighted by atomic mass is 9.89. The number of carbonyl (C=O) groups excluding carboxylic acids is 3. The molecule has 1 fully saturated rings. The molecule has 1 saturated carbocycles. The SMILES string of the molecule is CC.Cc1ccc2c(c1)C(=O)N([C@H](COC(=O)C1CCCCC1)c1ccccc1)C2=O.[HH]. The molecule has 31 heavy (non-hydrogen) atoms. The summed E-state index contributed by atoms with van der Waals surface area (Å²) in [4.78, 5) is 39.9. The van der Waals surface area contributed by atoms with Crippen LogP contribution in [0.2, 0.25) is 0 Å². The van der Waals surface area contributed by atoms with Crippen LogP contribution in [-0.2, 0) is 9.53 Å². The molecule has 166 valence electrons. The van der Waals surface area contributed by atoms with Crippen LogP contribution < -0.4 is 0 Å². The second-order valence-electron chi connectivity index (χ2n) is 7.92. The van der Waals surface area contributed by atoms with Crippen molar-refractivity contribution in [2.24, 2.45) is 5.92 Å². The van der Waals surface area contributed by atoms with Gasteiger partial charge in [0.2, 0.25) is 0 Å². The van der Waals surface area contributed by atoms with Crippen molar-refractivity contribution in [1.82, 2.24) is 4.90 Å². The molecule has 0 unspecified atom stereocenters. The fourth-order valence-electron chi connectivity index (χ4n) is 4.27. The summed E-state index contributed by atoms with van der Waals surface area (Å²) in [5.41, 5.74) is 2.51. The number of esters is 1. The van der Waals surface area contributed by atoms with Gasteiger partial charge in [-0.25, -0.2) is 0 Å². The van der Waals surface area contributed by atoms with Crippen LogP contribution in [0.3, 0.4) is 0 Å². The van der Waals surface area contributed by atoms with Crippen molar-refractivity contribution in [3.05, 3.63) is 70.8 Å². The van der Waals surface area contributed by atoms with Crippen molar-refractivity contribution >= 4 is 17.8 Å². The van der Waals surface area contributed by atoms with Crippen molar-refractivity contribution in [1.29, 1.82) is 0 Å². The summed E-state index contributed by atoms with van der Waals surface area (Å²) in [6, 6.07) is 13.9. The molecule has 0 saturated heterocycles. The maximum atomic E-state index is 13.1. The van der Waals surface area contributed by atoms with Gasteiger partial charge in [-0.2, -0.15) is 0 Å². The maximum absolute atomic E-state index is 13.1. The van der Waals surface area contributed by atoms with E-state index >= 15 is 0 Å². The average molecular weight is 424 g/mol. The molecule has 2 aromatic carbocycles. The Morgan fingerprint density at radius 2 is 1.65 bits per heavy atom. The quantitative estimate of drug-likeness (QED) is 0.455. The summed E-state index contributed by atoms with van der Waals surface area (Å²) in [5, 5.41) is 0. The van der Waals surface area contributed by atoms with Gasteiger partial charge < -0.3 is 4.74 Å². The fraction of sp³-hybridized carbons (Fsp3) is 0.423. The van der Waals surface area contributed by atoms with Crippen molar-refractivity contribution < 1.29 is 20.5 Å². The van der Waals surface area contributed by atoms with Crippen molar-refractivity contribution in [3.8, 4) is 0 Å². The Kier molecular flexibility index (Phi) is 7.61. The number of hydrogen-bond donors (Lipinski definition) is 0. The van der Waals surface area contributed by atoms with E-state index in [-0.39, 0.29) is 31.7 Å². The molecule has 1 aliphatic carbocycles. The van der Waals surface area contributed by atoms with Crippen LogP contribution in [0.5, 0.6) is 0 Å². The Morgan fingerprint density at radius 1 is 1.00 bits per heavy atom. The number of amides is 2. The summed E-state index contributed by atoms with van der Waals surface area (Å²) >= 11 is 0.